The summed E-state index contributed by atoms with van der Waals surface area (Å²) in [4.78, 5) is 107. The van der Waals surface area contributed by atoms with Gasteiger partial charge in [-0.05, 0) is 88.3 Å². The highest BCUT2D eigenvalue weighted by atomic mass is 16.6. The topological polar surface area (TPSA) is 437 Å². The number of amides is 7. The number of fused-ring (bicyclic) bond motifs is 2. The van der Waals surface area contributed by atoms with Gasteiger partial charge >= 0.3 is 0 Å². The van der Waals surface area contributed by atoms with Crippen LogP contribution in [0.4, 0.5) is 0 Å². The van der Waals surface area contributed by atoms with Gasteiger partial charge in [-0.25, -0.2) is 0 Å². The molecule has 3 aliphatic heterocycles. The molecule has 0 spiro atoms. The summed E-state index contributed by atoms with van der Waals surface area (Å²) in [6.45, 7) is 15.2. The summed E-state index contributed by atoms with van der Waals surface area (Å²) in [5.74, 6) is -5.46. The molecule has 13 N–H and O–H groups in total. The third kappa shape index (κ3) is 34.7. The molecule has 1 aromatic rings. The first-order chi connectivity index (χ1) is 49.5. The lowest BCUT2D eigenvalue weighted by molar-refractivity contribution is -0.145. The van der Waals surface area contributed by atoms with Crippen molar-refractivity contribution < 1.29 is 112 Å². The Kier molecular flexibility index (Phi) is 45.0. The maximum atomic E-state index is 15.0. The SMILES string of the molecule is CCC(C)CC(C)CCCCCCCCC(=O)NC1CCC(OCCCCCCOCCOCCOCCOCCOCCOCCOCCOC)NC(=O)C2C(O)CCN2C(=O)C(C(O)CC(N)=O)N=C(C)C(C(O)C(O)c2ccc(O)cc2)NC(=O)C2CC(O)CN2C(=O)C(C(C)O)NC1=O. The molecule has 31 nitrogen and oxygen atoms in total. The average molecular weight is 1470 g/mol. The molecular formula is C72H124N8O23. The lowest BCUT2D eigenvalue weighted by atomic mass is 9.91. The largest absolute Gasteiger partial charge is 0.508 e. The minimum Gasteiger partial charge on any atom is -0.508 e. The number of nitrogens with zero attached hydrogens (tertiary/aromatic N) is 3. The summed E-state index contributed by atoms with van der Waals surface area (Å²) in [6.07, 6.45) is -2.16. The number of carbonyl (C=O) groups excluding carboxylic acids is 7. The maximum absolute atomic E-state index is 15.0. The fourth-order valence-corrected chi connectivity index (χ4v) is 12.5. The van der Waals surface area contributed by atoms with E-state index in [1.54, 1.807) is 7.11 Å². The van der Waals surface area contributed by atoms with Crippen LogP contribution in [0.3, 0.4) is 0 Å². The number of aliphatic hydroxyl groups is 6. The van der Waals surface area contributed by atoms with E-state index in [0.717, 1.165) is 61.2 Å². The number of aliphatic hydroxyl groups excluding tert-OH is 6. The Balaban J connectivity index is 1.51. The molecule has 2 fully saturated rings. The van der Waals surface area contributed by atoms with Gasteiger partial charge < -0.3 is 115 Å². The van der Waals surface area contributed by atoms with E-state index in [2.05, 4.69) is 47.0 Å². The van der Waals surface area contributed by atoms with Crippen LogP contribution in [0.5, 0.6) is 5.75 Å². The van der Waals surface area contributed by atoms with Crippen molar-refractivity contribution in [2.24, 2.45) is 22.6 Å². The molecule has 590 valence electrons. The summed E-state index contributed by atoms with van der Waals surface area (Å²) < 4.78 is 50.0. The lowest BCUT2D eigenvalue weighted by Crippen LogP contribution is -2.61. The maximum Gasteiger partial charge on any atom is 0.250 e. The number of methoxy groups -OCH3 is 1. The van der Waals surface area contributed by atoms with Crippen molar-refractivity contribution >= 4 is 47.1 Å². The molecule has 2 saturated heterocycles. The van der Waals surface area contributed by atoms with E-state index in [1.165, 1.54) is 44.5 Å². The molecule has 0 aliphatic carbocycles. The van der Waals surface area contributed by atoms with Gasteiger partial charge in [0.25, 0.3) is 5.91 Å². The molecular weight excluding hydrogens is 1340 g/mol. The van der Waals surface area contributed by atoms with Crippen LogP contribution in [0.2, 0.25) is 0 Å². The average Bonchev–Trinajstić information content (AvgIpc) is 1.72. The van der Waals surface area contributed by atoms with Crippen molar-refractivity contribution in [2.45, 2.75) is 236 Å². The highest BCUT2D eigenvalue weighted by Gasteiger charge is 2.48. The normalized spacial score (nSPS) is 23.7. The van der Waals surface area contributed by atoms with E-state index in [0.29, 0.717) is 137 Å². The van der Waals surface area contributed by atoms with Crippen molar-refractivity contribution in [3.05, 3.63) is 29.8 Å². The van der Waals surface area contributed by atoms with Gasteiger partial charge in [-0.1, -0.05) is 90.7 Å². The fraction of sp³-hybridized carbons (Fsp3) is 0.806. The number of hydrogen-bond donors (Lipinski definition) is 12. The van der Waals surface area contributed by atoms with Gasteiger partial charge in [0, 0.05) is 52.0 Å². The van der Waals surface area contributed by atoms with Crippen LogP contribution in [0, 0.1) is 11.8 Å². The predicted octanol–water partition coefficient (Wildman–Crippen LogP) is 1.38. The zero-order valence-corrected chi connectivity index (χ0v) is 61.7. The van der Waals surface area contributed by atoms with E-state index >= 15 is 0 Å². The van der Waals surface area contributed by atoms with Crippen LogP contribution in [0.15, 0.2) is 29.3 Å². The molecule has 0 bridgehead atoms. The molecule has 15 unspecified atom stereocenters. The number of rotatable bonds is 49. The van der Waals surface area contributed by atoms with Crippen molar-refractivity contribution in [2.75, 3.05) is 126 Å². The highest BCUT2D eigenvalue weighted by molar-refractivity contribution is 5.99. The van der Waals surface area contributed by atoms with E-state index in [4.69, 9.17) is 48.4 Å². The van der Waals surface area contributed by atoms with Gasteiger partial charge in [-0.2, -0.15) is 0 Å². The van der Waals surface area contributed by atoms with Crippen molar-refractivity contribution in [3.63, 3.8) is 0 Å². The third-order valence-electron chi connectivity index (χ3n) is 18.5. The molecule has 7 amide bonds. The van der Waals surface area contributed by atoms with Crippen LogP contribution >= 0.6 is 0 Å². The number of benzene rings is 1. The Hall–Kier alpha value is -5.62. The number of carbonyl (C=O) groups is 7. The number of aromatic hydroxyl groups is 1. The number of nitrogens with two attached hydrogens (primary N) is 1. The summed E-state index contributed by atoms with van der Waals surface area (Å²) in [5.41, 5.74) is 5.21. The standard InChI is InChI=1S/C72H124N8O23/c1-7-48(2)44-49(3)18-14-10-8-9-11-15-19-60(87)75-55-24-25-61(103-29-17-13-12-16-28-96-32-33-98-36-37-100-40-41-102-43-42-101-39-38-99-35-34-97-31-30-95-6)76-70(92)65-57(84)26-27-79(65)72(94)64(58(85)46-59(73)86)74-50(4)62(67(89)66(88)52-20-22-53(82)23-21-52)77-69(91)56-45-54(83)47-80(56)71(93)63(51(5)81)78-68(55)90/h20-23,48-49,51,54-58,61-67,81-85,88-89H,7-19,24-47H2,1-6H3,(H2,73,86)(H,75,87)(H,76,92)(H,77,91)(H,78,90). The molecule has 0 radical (unpaired) electrons. The molecule has 31 heteroatoms. The second-order valence-corrected chi connectivity index (χ2v) is 27.2. The first-order valence-electron chi connectivity index (χ1n) is 37.1. The van der Waals surface area contributed by atoms with Crippen LogP contribution < -0.4 is 27.0 Å². The lowest BCUT2D eigenvalue weighted by Gasteiger charge is -2.33. The van der Waals surface area contributed by atoms with Gasteiger partial charge in [-0.3, -0.25) is 38.6 Å². The molecule has 3 heterocycles. The van der Waals surface area contributed by atoms with Crippen LogP contribution in [0.25, 0.3) is 0 Å². The number of phenolic OH excluding ortho intramolecular Hbond substituents is 1. The minimum absolute atomic E-state index is 0.0290. The quantitative estimate of drug-likeness (QED) is 0.0410. The van der Waals surface area contributed by atoms with Crippen molar-refractivity contribution in [1.29, 1.82) is 0 Å². The molecule has 103 heavy (non-hydrogen) atoms. The second-order valence-electron chi connectivity index (χ2n) is 27.2. The predicted molar refractivity (Wildman–Crippen MR) is 379 cm³/mol. The summed E-state index contributed by atoms with van der Waals surface area (Å²) in [7, 11) is 1.62. The molecule has 0 aromatic heterocycles. The van der Waals surface area contributed by atoms with Gasteiger partial charge in [-0.15, -0.1) is 0 Å². The van der Waals surface area contributed by atoms with Gasteiger partial charge in [0.15, 0.2) is 6.04 Å². The van der Waals surface area contributed by atoms with Gasteiger partial charge in [0.1, 0.15) is 48.4 Å². The second kappa shape index (κ2) is 51.6. The number of unbranched alkanes of at least 4 members (excludes halogenated alkanes) is 8. The molecule has 1 aromatic carbocycles. The third-order valence-corrected chi connectivity index (χ3v) is 18.5. The highest BCUT2D eigenvalue weighted by Crippen LogP contribution is 2.28. The number of primary amides is 1. The van der Waals surface area contributed by atoms with Gasteiger partial charge in [0.2, 0.25) is 35.4 Å². The number of hydrogen-bond acceptors (Lipinski definition) is 24. The number of phenols is 1. The summed E-state index contributed by atoms with van der Waals surface area (Å²) in [5, 5.41) is 90.0. The van der Waals surface area contributed by atoms with E-state index in [-0.39, 0.29) is 55.9 Å². The summed E-state index contributed by atoms with van der Waals surface area (Å²) >= 11 is 0. The number of ether oxygens (including phenoxy) is 9. The van der Waals surface area contributed by atoms with Crippen molar-refractivity contribution in [1.82, 2.24) is 31.1 Å². The number of aliphatic imine (C=N–C) groups is 1. The first kappa shape index (κ1) is 89.8. The molecule has 3 aliphatic rings. The molecule has 0 saturated carbocycles. The Labute approximate surface area is 607 Å². The Morgan fingerprint density at radius 3 is 1.73 bits per heavy atom. The van der Waals surface area contributed by atoms with Crippen LogP contribution in [-0.2, 0) is 76.2 Å². The van der Waals surface area contributed by atoms with Crippen molar-refractivity contribution in [3.8, 4) is 5.75 Å². The molecule has 15 atom stereocenters. The minimum atomic E-state index is -2.07. The fourth-order valence-electron chi connectivity index (χ4n) is 12.5. The Bertz CT molecular complexity index is 2620. The first-order valence-corrected chi connectivity index (χ1v) is 37.1. The zero-order chi connectivity index (χ0) is 75.5. The molecule has 4 rings (SSSR count). The monoisotopic (exact) mass is 1470 g/mol. The van der Waals surface area contributed by atoms with E-state index in [1.807, 2.05) is 0 Å². The van der Waals surface area contributed by atoms with E-state index in [9.17, 15) is 69.3 Å². The summed E-state index contributed by atoms with van der Waals surface area (Å²) in [6, 6.07) is -5.32. The Morgan fingerprint density at radius 2 is 1.17 bits per heavy atom. The van der Waals surface area contributed by atoms with Crippen LogP contribution in [-0.4, -0.2) is 292 Å². The zero-order valence-electron chi connectivity index (χ0n) is 61.7. The van der Waals surface area contributed by atoms with Gasteiger partial charge in [0.05, 0.1) is 129 Å². The number of nitrogens with one attached hydrogen (secondary N) is 4. The Morgan fingerprint density at radius 1 is 0.631 bits per heavy atom. The van der Waals surface area contributed by atoms with E-state index < -0.39 is 140 Å². The van der Waals surface area contributed by atoms with Crippen LogP contribution in [0.1, 0.15) is 168 Å². The smallest absolute Gasteiger partial charge is 0.250 e.